The molecule has 1 aromatic heterocycles. The van der Waals surface area contributed by atoms with E-state index in [0.717, 1.165) is 16.3 Å². The Morgan fingerprint density at radius 2 is 1.94 bits per heavy atom. The van der Waals surface area contributed by atoms with Crippen LogP contribution in [0.25, 0.3) is 0 Å². The van der Waals surface area contributed by atoms with Gasteiger partial charge in [0.05, 0.1) is 16.3 Å². The molecular weight excluding hydrogens is 230 g/mol. The predicted octanol–water partition coefficient (Wildman–Crippen LogP) is 2.99. The highest BCUT2D eigenvalue weighted by atomic mass is 32.1. The van der Waals surface area contributed by atoms with Gasteiger partial charge in [-0.3, -0.25) is 0 Å². The van der Waals surface area contributed by atoms with Crippen molar-refractivity contribution in [2.45, 2.75) is 32.3 Å². The zero-order valence-corrected chi connectivity index (χ0v) is 11.0. The first-order chi connectivity index (χ1) is 8.05. The van der Waals surface area contributed by atoms with Crippen LogP contribution in [-0.2, 0) is 12.8 Å². The third kappa shape index (κ3) is 3.65. The molecule has 2 rings (SSSR count). The first kappa shape index (κ1) is 12.3. The number of benzene rings is 1. The molecule has 1 N–H and O–H groups in total. The Morgan fingerprint density at radius 1 is 1.24 bits per heavy atom. The molecule has 0 saturated heterocycles. The maximum atomic E-state index is 10.4. The van der Waals surface area contributed by atoms with Crippen LogP contribution in [0.15, 0.2) is 35.7 Å². The third-order valence-corrected chi connectivity index (χ3v) is 3.48. The first-order valence-corrected chi connectivity index (χ1v) is 6.60. The van der Waals surface area contributed by atoms with Crippen molar-refractivity contribution in [3.8, 4) is 0 Å². The van der Waals surface area contributed by atoms with E-state index in [1.54, 1.807) is 11.3 Å². The average Bonchev–Trinajstić information content (AvgIpc) is 2.63. The molecule has 1 atom stereocenters. The summed E-state index contributed by atoms with van der Waals surface area (Å²) in [5.41, 5.74) is 1.40. The molecule has 1 aromatic carbocycles. The van der Waals surface area contributed by atoms with Crippen LogP contribution in [0.3, 0.4) is 0 Å². The summed E-state index contributed by atoms with van der Waals surface area (Å²) in [4.78, 5) is 4.40. The zero-order valence-electron chi connectivity index (χ0n) is 10.2. The van der Waals surface area contributed by atoms with Crippen LogP contribution in [0.1, 0.15) is 23.2 Å². The molecule has 0 spiro atoms. The van der Waals surface area contributed by atoms with Gasteiger partial charge in [-0.25, -0.2) is 4.98 Å². The largest absolute Gasteiger partial charge is 0.389 e. The summed E-state index contributed by atoms with van der Waals surface area (Å²) in [6.45, 7) is 3.86. The van der Waals surface area contributed by atoms with Crippen LogP contribution in [-0.4, -0.2) is 15.7 Å². The van der Waals surface area contributed by atoms with Crippen molar-refractivity contribution in [2.24, 2.45) is 0 Å². The number of rotatable bonds is 4. The summed E-state index contributed by atoms with van der Waals surface area (Å²) in [6, 6.07) is 10.1. The molecule has 0 aliphatic carbocycles. The zero-order chi connectivity index (χ0) is 12.3. The Balaban J connectivity index is 2.04. The van der Waals surface area contributed by atoms with Crippen molar-refractivity contribution in [3.05, 3.63) is 52.0 Å². The lowest BCUT2D eigenvalue weighted by Crippen LogP contribution is -2.30. The second kappa shape index (κ2) is 4.98. The van der Waals surface area contributed by atoms with Crippen LogP contribution in [0.5, 0.6) is 0 Å². The van der Waals surface area contributed by atoms with Crippen LogP contribution < -0.4 is 0 Å². The van der Waals surface area contributed by atoms with Gasteiger partial charge >= 0.3 is 0 Å². The molecule has 1 unspecified atom stereocenters. The lowest BCUT2D eigenvalue weighted by atomic mass is 9.92. The second-order valence-corrected chi connectivity index (χ2v) is 5.76. The van der Waals surface area contributed by atoms with Crippen molar-refractivity contribution in [1.82, 2.24) is 4.98 Å². The molecule has 3 heteroatoms. The van der Waals surface area contributed by atoms with Crippen molar-refractivity contribution in [3.63, 3.8) is 0 Å². The minimum atomic E-state index is -0.734. The fourth-order valence-electron chi connectivity index (χ4n) is 1.98. The van der Waals surface area contributed by atoms with Gasteiger partial charge in [0.2, 0.25) is 0 Å². The van der Waals surface area contributed by atoms with E-state index in [1.807, 2.05) is 49.6 Å². The summed E-state index contributed by atoms with van der Waals surface area (Å²) in [5.74, 6) is 0. The van der Waals surface area contributed by atoms with Gasteiger partial charge in [0.1, 0.15) is 0 Å². The molecule has 0 fully saturated rings. The molecule has 0 amide bonds. The summed E-state index contributed by atoms with van der Waals surface area (Å²) >= 11 is 1.63. The molecule has 1 heterocycles. The quantitative estimate of drug-likeness (QED) is 0.901. The maximum absolute atomic E-state index is 10.4. The molecule has 0 saturated carbocycles. The van der Waals surface area contributed by atoms with E-state index < -0.39 is 5.60 Å². The van der Waals surface area contributed by atoms with Crippen LogP contribution in [0.4, 0.5) is 0 Å². The standard InChI is InChI=1S/C14H17NOS/c1-11-15-13(10-17-11)9-14(2,16)8-12-6-4-3-5-7-12/h3-7,10,16H,8-9H2,1-2H3. The smallest absolute Gasteiger partial charge is 0.0897 e. The van der Waals surface area contributed by atoms with Crippen LogP contribution in [0.2, 0.25) is 0 Å². The van der Waals surface area contributed by atoms with Gasteiger partial charge in [0, 0.05) is 18.2 Å². The van der Waals surface area contributed by atoms with E-state index in [2.05, 4.69) is 4.98 Å². The lowest BCUT2D eigenvalue weighted by molar-refractivity contribution is 0.0600. The minimum Gasteiger partial charge on any atom is -0.389 e. The number of aliphatic hydroxyl groups is 1. The Morgan fingerprint density at radius 3 is 2.53 bits per heavy atom. The Labute approximate surface area is 106 Å². The fraction of sp³-hybridized carbons (Fsp3) is 0.357. The van der Waals surface area contributed by atoms with E-state index in [1.165, 1.54) is 0 Å². The highest BCUT2D eigenvalue weighted by molar-refractivity contribution is 7.09. The Kier molecular flexibility index (Phi) is 3.60. The minimum absolute atomic E-state index is 0.603. The maximum Gasteiger partial charge on any atom is 0.0897 e. The van der Waals surface area contributed by atoms with E-state index in [-0.39, 0.29) is 0 Å². The van der Waals surface area contributed by atoms with Gasteiger partial charge in [-0.2, -0.15) is 0 Å². The third-order valence-electron chi connectivity index (χ3n) is 2.66. The summed E-state index contributed by atoms with van der Waals surface area (Å²) in [6.07, 6.45) is 1.26. The molecule has 2 nitrogen and oxygen atoms in total. The second-order valence-electron chi connectivity index (χ2n) is 4.69. The van der Waals surface area contributed by atoms with Crippen molar-refractivity contribution < 1.29 is 5.11 Å². The van der Waals surface area contributed by atoms with Crippen LogP contribution >= 0.6 is 11.3 Å². The predicted molar refractivity (Wildman–Crippen MR) is 71.3 cm³/mol. The highest BCUT2D eigenvalue weighted by Crippen LogP contribution is 2.19. The van der Waals surface area contributed by atoms with Crippen molar-refractivity contribution >= 4 is 11.3 Å². The van der Waals surface area contributed by atoms with Crippen LogP contribution in [0, 0.1) is 6.92 Å². The van der Waals surface area contributed by atoms with Gasteiger partial charge in [-0.05, 0) is 19.4 Å². The number of aryl methyl sites for hydroxylation is 1. The molecule has 0 aliphatic heterocycles. The van der Waals surface area contributed by atoms with Crippen molar-refractivity contribution in [1.29, 1.82) is 0 Å². The number of hydrogen-bond acceptors (Lipinski definition) is 3. The molecule has 0 aliphatic rings. The average molecular weight is 247 g/mol. The highest BCUT2D eigenvalue weighted by Gasteiger charge is 2.22. The topological polar surface area (TPSA) is 33.1 Å². The Bertz CT molecular complexity index is 476. The molecule has 17 heavy (non-hydrogen) atoms. The molecular formula is C14H17NOS. The van der Waals surface area contributed by atoms with Gasteiger partial charge in [-0.1, -0.05) is 30.3 Å². The number of nitrogens with zero attached hydrogens (tertiary/aromatic N) is 1. The van der Waals surface area contributed by atoms with Gasteiger partial charge in [-0.15, -0.1) is 11.3 Å². The molecule has 2 aromatic rings. The van der Waals surface area contributed by atoms with E-state index in [4.69, 9.17) is 0 Å². The van der Waals surface area contributed by atoms with E-state index in [0.29, 0.717) is 12.8 Å². The van der Waals surface area contributed by atoms with E-state index >= 15 is 0 Å². The first-order valence-electron chi connectivity index (χ1n) is 5.72. The van der Waals surface area contributed by atoms with Gasteiger partial charge in [0.25, 0.3) is 0 Å². The summed E-state index contributed by atoms with van der Waals surface area (Å²) in [5, 5.41) is 13.5. The number of hydrogen-bond donors (Lipinski definition) is 1. The van der Waals surface area contributed by atoms with Crippen molar-refractivity contribution in [2.75, 3.05) is 0 Å². The molecule has 0 bridgehead atoms. The summed E-state index contributed by atoms with van der Waals surface area (Å²) < 4.78 is 0. The number of thiazole rings is 1. The summed E-state index contributed by atoms with van der Waals surface area (Å²) in [7, 11) is 0. The lowest BCUT2D eigenvalue weighted by Gasteiger charge is -2.22. The monoisotopic (exact) mass is 247 g/mol. The van der Waals surface area contributed by atoms with E-state index in [9.17, 15) is 5.11 Å². The molecule has 90 valence electrons. The van der Waals surface area contributed by atoms with Gasteiger partial charge < -0.3 is 5.11 Å². The normalized spacial score (nSPS) is 14.5. The molecule has 0 radical (unpaired) electrons. The number of aromatic nitrogens is 1. The fourth-order valence-corrected chi connectivity index (χ4v) is 2.59. The van der Waals surface area contributed by atoms with Gasteiger partial charge in [0.15, 0.2) is 0 Å². The SMILES string of the molecule is Cc1nc(CC(C)(O)Cc2ccccc2)cs1. The Hall–Kier alpha value is -1.19.